The molecule has 0 unspecified atom stereocenters. The van der Waals surface area contributed by atoms with Gasteiger partial charge >= 0.3 is 0 Å². The molecule has 1 N–H and O–H groups in total. The minimum atomic E-state index is 0.0680. The van der Waals surface area contributed by atoms with E-state index in [1.54, 1.807) is 10.9 Å². The summed E-state index contributed by atoms with van der Waals surface area (Å²) in [5, 5.41) is 11.7. The van der Waals surface area contributed by atoms with Crippen LogP contribution in [0.25, 0.3) is 11.3 Å². The van der Waals surface area contributed by atoms with Gasteiger partial charge in [0.2, 0.25) is 0 Å². The first-order valence-electron chi connectivity index (χ1n) is 6.06. The van der Waals surface area contributed by atoms with Crippen molar-refractivity contribution in [3.8, 4) is 11.3 Å². The lowest BCUT2D eigenvalue weighted by atomic mass is 10.1. The molecule has 0 saturated heterocycles. The minimum absolute atomic E-state index is 0.0680. The lowest BCUT2D eigenvalue weighted by Gasteiger charge is -2.20. The van der Waals surface area contributed by atoms with Gasteiger partial charge in [0.1, 0.15) is 0 Å². The number of hydrogen-bond acceptors (Lipinski definition) is 4. The highest BCUT2D eigenvalue weighted by molar-refractivity contribution is 5.62. The minimum Gasteiger partial charge on any atom is -0.356 e. The summed E-state index contributed by atoms with van der Waals surface area (Å²) in [6.07, 6.45) is 3.72. The highest BCUT2D eigenvalue weighted by atomic mass is 16.5. The van der Waals surface area contributed by atoms with Crippen LogP contribution in [0.1, 0.15) is 32.0 Å². The Kier molecular flexibility index (Phi) is 3.26. The molecule has 0 saturated carbocycles. The third-order valence-corrected chi connectivity index (χ3v) is 2.71. The zero-order valence-corrected chi connectivity index (χ0v) is 11.6. The Morgan fingerprint density at radius 3 is 2.67 bits per heavy atom. The number of aryl methyl sites for hydroxylation is 2. The average Bonchev–Trinajstić information content (AvgIpc) is 2.80. The molecule has 0 amide bonds. The molecule has 2 aromatic heterocycles. The quantitative estimate of drug-likeness (QED) is 0.905. The van der Waals surface area contributed by atoms with Crippen molar-refractivity contribution in [1.82, 2.24) is 20.3 Å². The van der Waals surface area contributed by atoms with Crippen molar-refractivity contribution in [3.05, 3.63) is 23.7 Å². The van der Waals surface area contributed by atoms with E-state index in [0.29, 0.717) is 0 Å². The van der Waals surface area contributed by atoms with Crippen molar-refractivity contribution in [2.24, 2.45) is 7.05 Å². The largest absolute Gasteiger partial charge is 0.356 e. The fourth-order valence-corrected chi connectivity index (χ4v) is 1.79. The Bertz CT molecular complexity index is 533. The van der Waals surface area contributed by atoms with Gasteiger partial charge in [-0.05, 0) is 27.7 Å². The predicted octanol–water partition coefficient (Wildman–Crippen LogP) is 2.27. The molecular formula is C13H20N4O. The van der Waals surface area contributed by atoms with Crippen LogP contribution in [0.15, 0.2) is 16.9 Å². The fourth-order valence-electron chi connectivity index (χ4n) is 1.79. The lowest BCUT2D eigenvalue weighted by molar-refractivity contribution is 0.418. The molecule has 0 atom stereocenters. The standard InChI is InChI=1S/C13H20N4O/c1-9-11(8-17(5)16-9)12-10(7-15-18-12)6-14-13(2,3)4/h7-8,14H,6H2,1-5H3. The molecule has 0 aliphatic carbocycles. The lowest BCUT2D eigenvalue weighted by Crippen LogP contribution is -2.35. The van der Waals surface area contributed by atoms with Gasteiger partial charge in [0.05, 0.1) is 17.5 Å². The second-order valence-electron chi connectivity index (χ2n) is 5.59. The van der Waals surface area contributed by atoms with Gasteiger partial charge in [-0.25, -0.2) is 0 Å². The molecule has 0 spiro atoms. The molecule has 0 radical (unpaired) electrons. The van der Waals surface area contributed by atoms with Crippen LogP contribution in [0.2, 0.25) is 0 Å². The molecule has 2 rings (SSSR count). The molecule has 5 nitrogen and oxygen atoms in total. The van der Waals surface area contributed by atoms with Crippen LogP contribution in [-0.2, 0) is 13.6 Å². The van der Waals surface area contributed by atoms with E-state index < -0.39 is 0 Å². The smallest absolute Gasteiger partial charge is 0.174 e. The third kappa shape index (κ3) is 2.79. The van der Waals surface area contributed by atoms with Crippen molar-refractivity contribution in [2.75, 3.05) is 0 Å². The molecule has 18 heavy (non-hydrogen) atoms. The summed E-state index contributed by atoms with van der Waals surface area (Å²) in [5.74, 6) is 0.803. The second kappa shape index (κ2) is 4.57. The van der Waals surface area contributed by atoms with E-state index in [1.165, 1.54) is 0 Å². The van der Waals surface area contributed by atoms with E-state index in [9.17, 15) is 0 Å². The summed E-state index contributed by atoms with van der Waals surface area (Å²) in [7, 11) is 1.90. The molecule has 5 heteroatoms. The van der Waals surface area contributed by atoms with Gasteiger partial charge < -0.3 is 9.84 Å². The first kappa shape index (κ1) is 12.8. The van der Waals surface area contributed by atoms with Gasteiger partial charge in [-0.2, -0.15) is 5.10 Å². The summed E-state index contributed by atoms with van der Waals surface area (Å²) in [6, 6.07) is 0. The van der Waals surface area contributed by atoms with E-state index in [1.807, 2.05) is 20.2 Å². The molecule has 2 aromatic rings. The number of hydrogen-bond donors (Lipinski definition) is 1. The maximum Gasteiger partial charge on any atom is 0.174 e. The third-order valence-electron chi connectivity index (χ3n) is 2.71. The maximum atomic E-state index is 5.37. The van der Waals surface area contributed by atoms with Crippen molar-refractivity contribution in [2.45, 2.75) is 39.8 Å². The highest BCUT2D eigenvalue weighted by Crippen LogP contribution is 2.26. The van der Waals surface area contributed by atoms with Gasteiger partial charge in [0, 0.05) is 30.9 Å². The molecule has 2 heterocycles. The fraction of sp³-hybridized carbons (Fsp3) is 0.538. The number of aromatic nitrogens is 3. The normalized spacial score (nSPS) is 12.1. The average molecular weight is 248 g/mol. The van der Waals surface area contributed by atoms with E-state index >= 15 is 0 Å². The second-order valence-corrected chi connectivity index (χ2v) is 5.59. The molecular weight excluding hydrogens is 228 g/mol. The topological polar surface area (TPSA) is 55.9 Å². The molecule has 0 bridgehead atoms. The summed E-state index contributed by atoms with van der Waals surface area (Å²) >= 11 is 0. The maximum absolute atomic E-state index is 5.37. The molecule has 0 aliphatic heterocycles. The summed E-state index contributed by atoms with van der Waals surface area (Å²) in [4.78, 5) is 0. The van der Waals surface area contributed by atoms with Gasteiger partial charge in [-0.1, -0.05) is 5.16 Å². The van der Waals surface area contributed by atoms with Crippen molar-refractivity contribution < 1.29 is 4.52 Å². The van der Waals surface area contributed by atoms with Crippen molar-refractivity contribution in [3.63, 3.8) is 0 Å². The number of rotatable bonds is 3. The van der Waals surface area contributed by atoms with Crippen LogP contribution in [0.5, 0.6) is 0 Å². The monoisotopic (exact) mass is 248 g/mol. The zero-order chi connectivity index (χ0) is 13.3. The van der Waals surface area contributed by atoms with Gasteiger partial charge in [-0.15, -0.1) is 0 Å². The molecule has 0 aliphatic rings. The van der Waals surface area contributed by atoms with Crippen LogP contribution >= 0.6 is 0 Å². The van der Waals surface area contributed by atoms with Crippen molar-refractivity contribution in [1.29, 1.82) is 0 Å². The van der Waals surface area contributed by atoms with Gasteiger partial charge in [-0.3, -0.25) is 4.68 Å². The van der Waals surface area contributed by atoms with E-state index in [2.05, 4.69) is 36.3 Å². The Hall–Kier alpha value is -1.62. The summed E-state index contributed by atoms with van der Waals surface area (Å²) in [5.41, 5.74) is 3.08. The van der Waals surface area contributed by atoms with Crippen LogP contribution in [0.4, 0.5) is 0 Å². The van der Waals surface area contributed by atoms with E-state index in [4.69, 9.17) is 4.52 Å². The summed E-state index contributed by atoms with van der Waals surface area (Å²) < 4.78 is 7.15. The van der Waals surface area contributed by atoms with Crippen LogP contribution < -0.4 is 5.32 Å². The first-order valence-corrected chi connectivity index (χ1v) is 6.06. The molecule has 98 valence electrons. The van der Waals surface area contributed by atoms with E-state index in [0.717, 1.165) is 29.1 Å². The molecule has 0 aromatic carbocycles. The number of nitrogens with zero attached hydrogens (tertiary/aromatic N) is 3. The van der Waals surface area contributed by atoms with E-state index in [-0.39, 0.29) is 5.54 Å². The first-order chi connectivity index (χ1) is 8.37. The predicted molar refractivity (Wildman–Crippen MR) is 70.0 cm³/mol. The number of nitrogens with one attached hydrogen (secondary N) is 1. The van der Waals surface area contributed by atoms with Crippen molar-refractivity contribution >= 4 is 0 Å². The Balaban J connectivity index is 2.25. The SMILES string of the molecule is Cc1nn(C)cc1-c1oncc1CNC(C)(C)C. The highest BCUT2D eigenvalue weighted by Gasteiger charge is 2.17. The molecule has 0 fully saturated rings. The van der Waals surface area contributed by atoms with Gasteiger partial charge in [0.15, 0.2) is 5.76 Å². The van der Waals surface area contributed by atoms with Gasteiger partial charge in [0.25, 0.3) is 0 Å². The zero-order valence-electron chi connectivity index (χ0n) is 11.6. The van der Waals surface area contributed by atoms with Crippen LogP contribution in [0.3, 0.4) is 0 Å². The van der Waals surface area contributed by atoms with Crippen LogP contribution in [0, 0.1) is 6.92 Å². The van der Waals surface area contributed by atoms with Crippen LogP contribution in [-0.4, -0.2) is 20.5 Å². The Morgan fingerprint density at radius 1 is 1.39 bits per heavy atom. The Labute approximate surface area is 107 Å². The Morgan fingerprint density at radius 2 is 2.11 bits per heavy atom. The summed E-state index contributed by atoms with van der Waals surface area (Å²) in [6.45, 7) is 9.11.